The van der Waals surface area contributed by atoms with Gasteiger partial charge in [0.1, 0.15) is 6.10 Å². The smallest absolute Gasteiger partial charge is 0.306 e. The molecule has 4 heteroatoms. The van der Waals surface area contributed by atoms with Gasteiger partial charge in [-0.15, -0.1) is 0 Å². The normalized spacial score (nSPS) is 19.6. The van der Waals surface area contributed by atoms with Gasteiger partial charge in [-0.3, -0.25) is 9.59 Å². The van der Waals surface area contributed by atoms with Gasteiger partial charge in [0.05, 0.1) is 12.8 Å². The molecule has 0 unspecified atom stereocenters. The van der Waals surface area contributed by atoms with Crippen molar-refractivity contribution in [2.45, 2.75) is 89.6 Å². The Bertz CT molecular complexity index is 267. The third kappa shape index (κ3) is 8.94. The van der Waals surface area contributed by atoms with Crippen molar-refractivity contribution in [3.05, 3.63) is 0 Å². The van der Waals surface area contributed by atoms with Crippen molar-refractivity contribution >= 4 is 11.9 Å². The van der Waals surface area contributed by atoms with Crippen molar-refractivity contribution in [1.29, 1.82) is 0 Å². The molecule has 0 aliphatic heterocycles. The lowest BCUT2D eigenvalue weighted by atomic mass is 9.98. The van der Waals surface area contributed by atoms with E-state index in [1.807, 2.05) is 0 Å². The van der Waals surface area contributed by atoms with E-state index >= 15 is 0 Å². The Morgan fingerprint density at radius 1 is 0.800 bits per heavy atom. The SMILES string of the molecule is C1CCCCC1.O=C(O)CCC(=O)OC1CCCCC1. The highest BCUT2D eigenvalue weighted by Crippen LogP contribution is 2.20. The summed E-state index contributed by atoms with van der Waals surface area (Å²) < 4.78 is 5.14. The Morgan fingerprint density at radius 3 is 1.70 bits per heavy atom. The van der Waals surface area contributed by atoms with Gasteiger partial charge in [-0.2, -0.15) is 0 Å². The highest BCUT2D eigenvalue weighted by Gasteiger charge is 2.17. The van der Waals surface area contributed by atoms with Gasteiger partial charge in [-0.05, 0) is 25.7 Å². The summed E-state index contributed by atoms with van der Waals surface area (Å²) in [6, 6.07) is 0. The molecule has 0 atom stereocenters. The van der Waals surface area contributed by atoms with Crippen LogP contribution < -0.4 is 0 Å². The Balaban J connectivity index is 0.000000276. The zero-order valence-corrected chi connectivity index (χ0v) is 12.4. The first-order chi connectivity index (χ1) is 9.68. The summed E-state index contributed by atoms with van der Waals surface area (Å²) in [7, 11) is 0. The van der Waals surface area contributed by atoms with Crippen molar-refractivity contribution < 1.29 is 19.4 Å². The van der Waals surface area contributed by atoms with Crippen LogP contribution >= 0.6 is 0 Å². The number of carbonyl (C=O) groups excluding carboxylic acids is 1. The summed E-state index contributed by atoms with van der Waals surface area (Å²) in [6.07, 6.45) is 14.2. The molecule has 0 bridgehead atoms. The van der Waals surface area contributed by atoms with Gasteiger partial charge < -0.3 is 9.84 Å². The first-order valence-electron chi connectivity index (χ1n) is 8.10. The molecule has 0 spiro atoms. The molecule has 2 fully saturated rings. The number of carboxylic acid groups (broad SMARTS) is 1. The number of aliphatic carboxylic acids is 1. The van der Waals surface area contributed by atoms with E-state index in [2.05, 4.69) is 0 Å². The van der Waals surface area contributed by atoms with Crippen molar-refractivity contribution in [3.8, 4) is 0 Å². The molecular weight excluding hydrogens is 256 g/mol. The topological polar surface area (TPSA) is 63.6 Å². The number of esters is 1. The second-order valence-electron chi connectivity index (χ2n) is 5.76. The van der Waals surface area contributed by atoms with E-state index in [1.54, 1.807) is 0 Å². The monoisotopic (exact) mass is 284 g/mol. The molecule has 0 saturated heterocycles. The van der Waals surface area contributed by atoms with Gasteiger partial charge in [0.2, 0.25) is 0 Å². The standard InChI is InChI=1S/C10H16O4.C6H12/c11-9(12)6-7-10(13)14-8-4-2-1-3-5-8;1-2-4-6-5-3-1/h8H,1-7H2,(H,11,12);1-6H2. The zero-order chi connectivity index (χ0) is 14.6. The van der Waals surface area contributed by atoms with E-state index in [-0.39, 0.29) is 24.9 Å². The first-order valence-corrected chi connectivity index (χ1v) is 8.10. The minimum atomic E-state index is -0.953. The summed E-state index contributed by atoms with van der Waals surface area (Å²) >= 11 is 0. The van der Waals surface area contributed by atoms with E-state index in [9.17, 15) is 9.59 Å². The van der Waals surface area contributed by atoms with Gasteiger partial charge >= 0.3 is 11.9 Å². The number of hydrogen-bond acceptors (Lipinski definition) is 3. The van der Waals surface area contributed by atoms with E-state index in [4.69, 9.17) is 9.84 Å². The van der Waals surface area contributed by atoms with E-state index in [0.717, 1.165) is 25.7 Å². The molecule has 20 heavy (non-hydrogen) atoms. The highest BCUT2D eigenvalue weighted by atomic mass is 16.5. The van der Waals surface area contributed by atoms with Crippen LogP contribution in [-0.4, -0.2) is 23.1 Å². The van der Waals surface area contributed by atoms with Crippen LogP contribution in [0, 0.1) is 0 Å². The average molecular weight is 284 g/mol. The number of rotatable bonds is 4. The number of carbonyl (C=O) groups is 2. The fourth-order valence-electron chi connectivity index (χ4n) is 2.70. The second-order valence-corrected chi connectivity index (χ2v) is 5.76. The number of ether oxygens (including phenoxy) is 1. The van der Waals surface area contributed by atoms with E-state index in [1.165, 1.54) is 44.9 Å². The number of hydrogen-bond donors (Lipinski definition) is 1. The van der Waals surface area contributed by atoms with Gasteiger partial charge in [-0.1, -0.05) is 44.9 Å². The molecule has 2 rings (SSSR count). The third-order valence-electron chi connectivity index (χ3n) is 3.89. The van der Waals surface area contributed by atoms with Gasteiger partial charge in [-0.25, -0.2) is 0 Å². The molecule has 2 aliphatic carbocycles. The molecule has 0 aromatic carbocycles. The zero-order valence-electron chi connectivity index (χ0n) is 12.4. The Kier molecular flexibility index (Phi) is 9.09. The average Bonchev–Trinajstić information content (AvgIpc) is 2.49. The Labute approximate surface area is 121 Å². The summed E-state index contributed by atoms with van der Waals surface area (Å²) in [5, 5.41) is 8.36. The molecule has 0 radical (unpaired) electrons. The van der Waals surface area contributed by atoms with Crippen LogP contribution in [0.2, 0.25) is 0 Å². The van der Waals surface area contributed by atoms with Crippen LogP contribution in [0.25, 0.3) is 0 Å². The lowest BCUT2D eigenvalue weighted by molar-refractivity contribution is -0.153. The fourth-order valence-corrected chi connectivity index (χ4v) is 2.70. The lowest BCUT2D eigenvalue weighted by Gasteiger charge is -2.21. The molecular formula is C16H28O4. The predicted molar refractivity (Wildman–Crippen MR) is 77.5 cm³/mol. The van der Waals surface area contributed by atoms with Crippen LogP contribution in [0.3, 0.4) is 0 Å². The molecule has 4 nitrogen and oxygen atoms in total. The van der Waals surface area contributed by atoms with E-state index in [0.29, 0.717) is 0 Å². The van der Waals surface area contributed by atoms with Gasteiger partial charge in [0.15, 0.2) is 0 Å². The molecule has 0 aromatic rings. The maximum atomic E-state index is 11.1. The van der Waals surface area contributed by atoms with Crippen LogP contribution in [-0.2, 0) is 14.3 Å². The van der Waals surface area contributed by atoms with Crippen LogP contribution in [0.1, 0.15) is 83.5 Å². The Hall–Kier alpha value is -1.06. The Morgan fingerprint density at radius 2 is 1.25 bits per heavy atom. The summed E-state index contributed by atoms with van der Waals surface area (Å²) in [4.78, 5) is 21.3. The molecule has 0 heterocycles. The van der Waals surface area contributed by atoms with Crippen LogP contribution in [0.4, 0.5) is 0 Å². The largest absolute Gasteiger partial charge is 0.481 e. The van der Waals surface area contributed by atoms with Crippen molar-refractivity contribution in [2.75, 3.05) is 0 Å². The fraction of sp³-hybridized carbons (Fsp3) is 0.875. The van der Waals surface area contributed by atoms with E-state index < -0.39 is 5.97 Å². The van der Waals surface area contributed by atoms with Gasteiger partial charge in [0.25, 0.3) is 0 Å². The molecule has 0 amide bonds. The van der Waals surface area contributed by atoms with Crippen molar-refractivity contribution in [3.63, 3.8) is 0 Å². The van der Waals surface area contributed by atoms with Crippen LogP contribution in [0.15, 0.2) is 0 Å². The molecule has 116 valence electrons. The molecule has 0 aromatic heterocycles. The quantitative estimate of drug-likeness (QED) is 0.790. The maximum Gasteiger partial charge on any atom is 0.306 e. The minimum Gasteiger partial charge on any atom is -0.481 e. The summed E-state index contributed by atoms with van der Waals surface area (Å²) in [6.45, 7) is 0. The molecule has 2 saturated carbocycles. The van der Waals surface area contributed by atoms with Crippen LogP contribution in [0.5, 0.6) is 0 Å². The second kappa shape index (κ2) is 10.7. The molecule has 1 N–H and O–H groups in total. The number of carboxylic acids is 1. The predicted octanol–water partition coefficient (Wildman–Crippen LogP) is 4.07. The summed E-state index contributed by atoms with van der Waals surface area (Å²) in [5.74, 6) is -1.33. The maximum absolute atomic E-state index is 11.1. The third-order valence-corrected chi connectivity index (χ3v) is 3.89. The highest BCUT2D eigenvalue weighted by molar-refractivity contribution is 5.76. The van der Waals surface area contributed by atoms with Crippen molar-refractivity contribution in [1.82, 2.24) is 0 Å². The minimum absolute atomic E-state index is 0.00810. The lowest BCUT2D eigenvalue weighted by Crippen LogP contribution is -2.21. The van der Waals surface area contributed by atoms with Gasteiger partial charge in [0, 0.05) is 0 Å². The molecule has 2 aliphatic rings. The summed E-state index contributed by atoms with van der Waals surface area (Å²) in [5.41, 5.74) is 0. The first kappa shape index (κ1) is 17.0. The van der Waals surface area contributed by atoms with Crippen molar-refractivity contribution in [2.24, 2.45) is 0 Å².